The fourth-order valence-corrected chi connectivity index (χ4v) is 3.69. The number of amides is 1. The fraction of sp³-hybridized carbons (Fsp3) is 0.111. The SMILES string of the molecule is COC(=O)c1ccc(NC(=O)COC(=O)c2csc(-c3cccs3)n2)cc1. The third-order valence-corrected chi connectivity index (χ3v) is 5.25. The van der Waals surface area contributed by atoms with Crippen molar-refractivity contribution in [2.75, 3.05) is 19.0 Å². The first kappa shape index (κ1) is 18.7. The molecule has 3 rings (SSSR count). The van der Waals surface area contributed by atoms with Gasteiger partial charge in [0.05, 0.1) is 17.6 Å². The highest BCUT2D eigenvalue weighted by atomic mass is 32.1. The summed E-state index contributed by atoms with van der Waals surface area (Å²) in [6.45, 7) is -0.441. The van der Waals surface area contributed by atoms with Crippen LogP contribution in [-0.2, 0) is 14.3 Å². The predicted octanol–water partition coefficient (Wildman–Crippen LogP) is 3.45. The molecule has 0 unspecified atom stereocenters. The van der Waals surface area contributed by atoms with Crippen LogP contribution < -0.4 is 5.32 Å². The molecule has 0 spiro atoms. The van der Waals surface area contributed by atoms with E-state index < -0.39 is 24.5 Å². The van der Waals surface area contributed by atoms with E-state index >= 15 is 0 Å². The Morgan fingerprint density at radius 1 is 1.07 bits per heavy atom. The number of aromatic nitrogens is 1. The largest absolute Gasteiger partial charge is 0.465 e. The van der Waals surface area contributed by atoms with Crippen molar-refractivity contribution in [2.24, 2.45) is 0 Å². The molecule has 1 N–H and O–H groups in total. The van der Waals surface area contributed by atoms with Gasteiger partial charge in [0.1, 0.15) is 5.01 Å². The quantitative estimate of drug-likeness (QED) is 0.635. The van der Waals surface area contributed by atoms with Crippen molar-refractivity contribution in [3.05, 3.63) is 58.4 Å². The summed E-state index contributed by atoms with van der Waals surface area (Å²) in [6.07, 6.45) is 0. The van der Waals surface area contributed by atoms with Crippen molar-refractivity contribution in [3.8, 4) is 9.88 Å². The number of methoxy groups -OCH3 is 1. The second-order valence-corrected chi connectivity index (χ2v) is 7.01. The van der Waals surface area contributed by atoms with Crippen LogP contribution in [0.4, 0.5) is 5.69 Å². The topological polar surface area (TPSA) is 94.6 Å². The zero-order valence-corrected chi connectivity index (χ0v) is 15.8. The number of esters is 2. The Labute approximate surface area is 162 Å². The van der Waals surface area contributed by atoms with Crippen LogP contribution in [0, 0.1) is 0 Å². The molecule has 2 aromatic heterocycles. The number of rotatable bonds is 6. The summed E-state index contributed by atoms with van der Waals surface area (Å²) in [7, 11) is 1.29. The number of benzene rings is 1. The maximum Gasteiger partial charge on any atom is 0.358 e. The van der Waals surface area contributed by atoms with Gasteiger partial charge in [-0.15, -0.1) is 22.7 Å². The molecule has 1 amide bonds. The summed E-state index contributed by atoms with van der Waals surface area (Å²) in [5.74, 6) is -1.62. The molecule has 0 aliphatic carbocycles. The molecule has 0 saturated carbocycles. The number of carbonyl (C=O) groups is 3. The van der Waals surface area contributed by atoms with Gasteiger partial charge in [0.25, 0.3) is 5.91 Å². The Morgan fingerprint density at radius 2 is 1.85 bits per heavy atom. The van der Waals surface area contributed by atoms with Crippen molar-refractivity contribution in [1.82, 2.24) is 4.98 Å². The second-order valence-electron chi connectivity index (χ2n) is 5.21. The average Bonchev–Trinajstić information content (AvgIpc) is 3.37. The third-order valence-electron chi connectivity index (χ3n) is 3.37. The highest BCUT2D eigenvalue weighted by molar-refractivity contribution is 7.20. The van der Waals surface area contributed by atoms with Gasteiger partial charge in [-0.1, -0.05) is 6.07 Å². The minimum Gasteiger partial charge on any atom is -0.465 e. The normalized spacial score (nSPS) is 10.3. The number of ether oxygens (including phenoxy) is 2. The van der Waals surface area contributed by atoms with E-state index in [-0.39, 0.29) is 5.69 Å². The molecule has 0 aliphatic heterocycles. The van der Waals surface area contributed by atoms with Gasteiger partial charge in [-0.2, -0.15) is 0 Å². The summed E-state index contributed by atoms with van der Waals surface area (Å²) in [5, 5.41) is 6.83. The van der Waals surface area contributed by atoms with Crippen LogP contribution in [-0.4, -0.2) is 36.5 Å². The summed E-state index contributed by atoms with van der Waals surface area (Å²) >= 11 is 2.87. The van der Waals surface area contributed by atoms with E-state index in [0.717, 1.165) is 9.88 Å². The Bertz CT molecular complexity index is 949. The molecule has 7 nitrogen and oxygen atoms in total. The molecule has 0 atom stereocenters. The molecule has 2 heterocycles. The van der Waals surface area contributed by atoms with E-state index in [4.69, 9.17) is 4.74 Å². The zero-order chi connectivity index (χ0) is 19.2. The Hall–Kier alpha value is -3.04. The van der Waals surface area contributed by atoms with Gasteiger partial charge in [-0.05, 0) is 35.7 Å². The number of nitrogens with zero attached hydrogens (tertiary/aromatic N) is 1. The number of thiophene rings is 1. The number of anilines is 1. The molecule has 0 radical (unpaired) electrons. The Kier molecular flexibility index (Phi) is 5.94. The van der Waals surface area contributed by atoms with E-state index in [9.17, 15) is 14.4 Å². The number of nitrogens with one attached hydrogen (secondary N) is 1. The van der Waals surface area contributed by atoms with Gasteiger partial charge in [0.2, 0.25) is 0 Å². The molecule has 9 heteroatoms. The van der Waals surface area contributed by atoms with Crippen molar-refractivity contribution >= 4 is 46.2 Å². The number of hydrogen-bond donors (Lipinski definition) is 1. The van der Waals surface area contributed by atoms with Crippen molar-refractivity contribution in [2.45, 2.75) is 0 Å². The second kappa shape index (κ2) is 8.56. The maximum atomic E-state index is 12.0. The van der Waals surface area contributed by atoms with E-state index in [2.05, 4.69) is 15.0 Å². The van der Waals surface area contributed by atoms with Crippen LogP contribution in [0.1, 0.15) is 20.8 Å². The minimum atomic E-state index is -0.662. The lowest BCUT2D eigenvalue weighted by atomic mass is 10.2. The molecule has 0 aliphatic rings. The van der Waals surface area contributed by atoms with Crippen molar-refractivity contribution < 1.29 is 23.9 Å². The van der Waals surface area contributed by atoms with Crippen molar-refractivity contribution in [1.29, 1.82) is 0 Å². The monoisotopic (exact) mass is 402 g/mol. The van der Waals surface area contributed by atoms with Gasteiger partial charge in [0.15, 0.2) is 12.3 Å². The van der Waals surface area contributed by atoms with Gasteiger partial charge in [-0.25, -0.2) is 14.6 Å². The molecule has 3 aromatic rings. The van der Waals surface area contributed by atoms with Crippen LogP contribution >= 0.6 is 22.7 Å². The van der Waals surface area contributed by atoms with Gasteiger partial charge in [-0.3, -0.25) is 4.79 Å². The highest BCUT2D eigenvalue weighted by Crippen LogP contribution is 2.27. The number of thiazole rings is 1. The Balaban J connectivity index is 1.51. The minimum absolute atomic E-state index is 0.165. The number of carbonyl (C=O) groups excluding carboxylic acids is 3. The van der Waals surface area contributed by atoms with Gasteiger partial charge in [0, 0.05) is 11.1 Å². The lowest BCUT2D eigenvalue weighted by Gasteiger charge is -2.06. The first-order valence-corrected chi connectivity index (χ1v) is 9.47. The van der Waals surface area contributed by atoms with Crippen LogP contribution in [0.25, 0.3) is 9.88 Å². The highest BCUT2D eigenvalue weighted by Gasteiger charge is 2.15. The summed E-state index contributed by atoms with van der Waals surface area (Å²) in [6, 6.07) is 9.97. The fourth-order valence-electron chi connectivity index (χ4n) is 2.09. The molecule has 0 saturated heterocycles. The van der Waals surface area contributed by atoms with Gasteiger partial charge >= 0.3 is 11.9 Å². The van der Waals surface area contributed by atoms with Crippen molar-refractivity contribution in [3.63, 3.8) is 0 Å². The smallest absolute Gasteiger partial charge is 0.358 e. The molecule has 1 aromatic carbocycles. The number of hydrogen-bond acceptors (Lipinski definition) is 8. The van der Waals surface area contributed by atoms with Crippen LogP contribution in [0.2, 0.25) is 0 Å². The third kappa shape index (κ3) is 4.78. The van der Waals surface area contributed by atoms with E-state index in [1.807, 2.05) is 17.5 Å². The van der Waals surface area contributed by atoms with E-state index in [0.29, 0.717) is 11.3 Å². The lowest BCUT2D eigenvalue weighted by molar-refractivity contribution is -0.119. The molecule has 138 valence electrons. The maximum absolute atomic E-state index is 12.0. The summed E-state index contributed by atoms with van der Waals surface area (Å²) in [5.41, 5.74) is 1.00. The van der Waals surface area contributed by atoms with Crippen LogP contribution in [0.5, 0.6) is 0 Å². The Morgan fingerprint density at radius 3 is 2.52 bits per heavy atom. The van der Waals surface area contributed by atoms with E-state index in [1.165, 1.54) is 41.9 Å². The molecular formula is C18H14N2O5S2. The standard InChI is InChI=1S/C18H14N2O5S2/c1-24-17(22)11-4-6-12(7-5-11)19-15(21)9-25-18(23)13-10-27-16(20-13)14-3-2-8-26-14/h2-8,10H,9H2,1H3,(H,19,21). The average molecular weight is 402 g/mol. The van der Waals surface area contributed by atoms with Gasteiger partial charge < -0.3 is 14.8 Å². The lowest BCUT2D eigenvalue weighted by Crippen LogP contribution is -2.21. The van der Waals surface area contributed by atoms with Crippen LogP contribution in [0.3, 0.4) is 0 Å². The molecular weight excluding hydrogens is 388 g/mol. The summed E-state index contributed by atoms with van der Waals surface area (Å²) in [4.78, 5) is 40.5. The predicted molar refractivity (Wildman–Crippen MR) is 102 cm³/mol. The van der Waals surface area contributed by atoms with Crippen LogP contribution in [0.15, 0.2) is 47.2 Å². The molecule has 0 fully saturated rings. The molecule has 27 heavy (non-hydrogen) atoms. The first-order chi connectivity index (χ1) is 13.1. The molecule has 0 bridgehead atoms. The van der Waals surface area contributed by atoms with E-state index in [1.54, 1.807) is 17.5 Å². The zero-order valence-electron chi connectivity index (χ0n) is 14.1. The summed E-state index contributed by atoms with van der Waals surface area (Å²) < 4.78 is 9.60. The first-order valence-electron chi connectivity index (χ1n) is 7.71.